The summed E-state index contributed by atoms with van der Waals surface area (Å²) < 4.78 is 0. The highest BCUT2D eigenvalue weighted by atomic mass is 15.3. The van der Waals surface area contributed by atoms with Gasteiger partial charge in [-0.2, -0.15) is 0 Å². The fourth-order valence-electron chi connectivity index (χ4n) is 3.12. The average Bonchev–Trinajstić information content (AvgIpc) is 2.58. The number of rotatable bonds is 2. The topological polar surface area (TPSA) is 32.5 Å². The Hall–Kier alpha value is -0.120. The van der Waals surface area contributed by atoms with Crippen molar-refractivity contribution in [1.29, 1.82) is 0 Å². The maximum Gasteiger partial charge on any atom is 0.0277 e. The van der Waals surface area contributed by atoms with Crippen LogP contribution in [0.2, 0.25) is 0 Å². The van der Waals surface area contributed by atoms with Crippen molar-refractivity contribution in [2.24, 2.45) is 11.7 Å². The molecule has 2 atom stereocenters. The summed E-state index contributed by atoms with van der Waals surface area (Å²) in [5.41, 5.74) is 6.47. The van der Waals surface area contributed by atoms with Crippen LogP contribution >= 0.6 is 0 Å². The lowest BCUT2D eigenvalue weighted by atomic mass is 9.97. The molecule has 1 aliphatic carbocycles. The Kier molecular flexibility index (Phi) is 3.57. The van der Waals surface area contributed by atoms with Gasteiger partial charge >= 0.3 is 0 Å². The first kappa shape index (κ1) is 12.3. The van der Waals surface area contributed by atoms with E-state index < -0.39 is 0 Å². The minimum absolute atomic E-state index is 0.320. The lowest BCUT2D eigenvalue weighted by Crippen LogP contribution is -2.58. The molecule has 1 saturated carbocycles. The van der Waals surface area contributed by atoms with Crippen molar-refractivity contribution in [3.05, 3.63) is 0 Å². The van der Waals surface area contributed by atoms with Gasteiger partial charge in [-0.25, -0.2) is 0 Å². The molecular weight excluding hydrogens is 198 g/mol. The third kappa shape index (κ3) is 2.58. The van der Waals surface area contributed by atoms with Crippen LogP contribution in [0.25, 0.3) is 0 Å². The Morgan fingerprint density at radius 2 is 2.00 bits per heavy atom. The first-order chi connectivity index (χ1) is 7.49. The Labute approximate surface area is 100.0 Å². The standard InChI is InChI=1S/C13H27N3/c1-13(2)10-16(8-7-15(13)3)9-11-5-4-6-12(11)14/h11-12H,4-10,14H2,1-3H3. The molecule has 2 rings (SSSR count). The van der Waals surface area contributed by atoms with Crippen molar-refractivity contribution in [1.82, 2.24) is 9.80 Å². The third-order valence-corrected chi connectivity index (χ3v) is 4.61. The van der Waals surface area contributed by atoms with Gasteiger partial charge in [0.1, 0.15) is 0 Å². The maximum atomic E-state index is 6.15. The zero-order valence-electron chi connectivity index (χ0n) is 11.1. The van der Waals surface area contributed by atoms with Crippen LogP contribution in [-0.4, -0.2) is 54.6 Å². The van der Waals surface area contributed by atoms with Gasteiger partial charge in [-0.05, 0) is 39.7 Å². The second-order valence-electron chi connectivity index (χ2n) is 6.32. The minimum Gasteiger partial charge on any atom is -0.327 e. The summed E-state index contributed by atoms with van der Waals surface area (Å²) in [5, 5.41) is 0. The predicted octanol–water partition coefficient (Wildman–Crippen LogP) is 1.14. The summed E-state index contributed by atoms with van der Waals surface area (Å²) in [6, 6.07) is 0.461. The van der Waals surface area contributed by atoms with Crippen molar-refractivity contribution < 1.29 is 0 Å². The zero-order chi connectivity index (χ0) is 11.8. The van der Waals surface area contributed by atoms with Crippen LogP contribution in [-0.2, 0) is 0 Å². The lowest BCUT2D eigenvalue weighted by Gasteiger charge is -2.46. The molecule has 16 heavy (non-hydrogen) atoms. The van der Waals surface area contributed by atoms with Crippen LogP contribution in [0.4, 0.5) is 0 Å². The van der Waals surface area contributed by atoms with Crippen molar-refractivity contribution in [2.75, 3.05) is 33.2 Å². The van der Waals surface area contributed by atoms with Crippen molar-refractivity contribution >= 4 is 0 Å². The molecule has 1 saturated heterocycles. The molecule has 0 aromatic rings. The lowest BCUT2D eigenvalue weighted by molar-refractivity contribution is 0.0314. The molecule has 94 valence electrons. The highest BCUT2D eigenvalue weighted by Gasteiger charge is 2.33. The van der Waals surface area contributed by atoms with E-state index in [9.17, 15) is 0 Å². The Bertz CT molecular complexity index is 239. The Balaban J connectivity index is 1.87. The van der Waals surface area contributed by atoms with E-state index in [1.54, 1.807) is 0 Å². The summed E-state index contributed by atoms with van der Waals surface area (Å²) in [5.74, 6) is 0.749. The monoisotopic (exact) mass is 225 g/mol. The fraction of sp³-hybridized carbons (Fsp3) is 1.00. The molecule has 2 aliphatic rings. The molecule has 2 N–H and O–H groups in total. The van der Waals surface area contributed by atoms with E-state index in [0.717, 1.165) is 5.92 Å². The molecule has 1 aliphatic heterocycles. The molecule has 3 nitrogen and oxygen atoms in total. The first-order valence-electron chi connectivity index (χ1n) is 6.68. The number of piperazine rings is 1. The number of nitrogens with two attached hydrogens (primary N) is 1. The van der Waals surface area contributed by atoms with Gasteiger partial charge < -0.3 is 5.73 Å². The fourth-order valence-corrected chi connectivity index (χ4v) is 3.12. The van der Waals surface area contributed by atoms with Gasteiger partial charge in [-0.3, -0.25) is 9.80 Å². The molecule has 0 aromatic heterocycles. The summed E-state index contributed by atoms with van der Waals surface area (Å²) >= 11 is 0. The van der Waals surface area contributed by atoms with Crippen LogP contribution in [0.15, 0.2) is 0 Å². The van der Waals surface area contributed by atoms with Gasteiger partial charge in [0.2, 0.25) is 0 Å². The van der Waals surface area contributed by atoms with E-state index in [2.05, 4.69) is 30.7 Å². The quantitative estimate of drug-likeness (QED) is 0.765. The summed E-state index contributed by atoms with van der Waals surface area (Å²) in [7, 11) is 2.23. The summed E-state index contributed by atoms with van der Waals surface area (Å²) in [6.07, 6.45) is 3.92. The van der Waals surface area contributed by atoms with Gasteiger partial charge in [0.25, 0.3) is 0 Å². The third-order valence-electron chi connectivity index (χ3n) is 4.61. The number of hydrogen-bond acceptors (Lipinski definition) is 3. The highest BCUT2D eigenvalue weighted by molar-refractivity contribution is 4.91. The molecular formula is C13H27N3. The number of likely N-dealkylation sites (N-methyl/N-ethyl adjacent to an activating group) is 1. The molecule has 3 heteroatoms. The van der Waals surface area contributed by atoms with E-state index in [1.807, 2.05) is 0 Å². The molecule has 0 amide bonds. The Morgan fingerprint density at radius 1 is 1.25 bits per heavy atom. The smallest absolute Gasteiger partial charge is 0.0277 e. The SMILES string of the molecule is CN1CCN(CC2CCCC2N)CC1(C)C. The van der Waals surface area contributed by atoms with Crippen molar-refractivity contribution in [3.63, 3.8) is 0 Å². The molecule has 2 unspecified atom stereocenters. The van der Waals surface area contributed by atoms with Crippen molar-refractivity contribution in [3.8, 4) is 0 Å². The van der Waals surface area contributed by atoms with Crippen LogP contribution < -0.4 is 5.73 Å². The van der Waals surface area contributed by atoms with Gasteiger partial charge in [-0.1, -0.05) is 6.42 Å². The second kappa shape index (κ2) is 4.63. The molecule has 2 fully saturated rings. The largest absolute Gasteiger partial charge is 0.327 e. The molecule has 0 spiro atoms. The van der Waals surface area contributed by atoms with E-state index in [-0.39, 0.29) is 0 Å². The van der Waals surface area contributed by atoms with Gasteiger partial charge in [0.05, 0.1) is 0 Å². The van der Waals surface area contributed by atoms with Crippen molar-refractivity contribution in [2.45, 2.75) is 44.7 Å². The molecule has 0 aromatic carbocycles. The minimum atomic E-state index is 0.320. The normalized spacial score (nSPS) is 36.8. The molecule has 0 radical (unpaired) electrons. The second-order valence-corrected chi connectivity index (χ2v) is 6.32. The van der Waals surface area contributed by atoms with Crippen LogP contribution in [0.1, 0.15) is 33.1 Å². The van der Waals surface area contributed by atoms with E-state index in [4.69, 9.17) is 5.73 Å². The van der Waals surface area contributed by atoms with E-state index in [0.29, 0.717) is 11.6 Å². The van der Waals surface area contributed by atoms with Crippen LogP contribution in [0.3, 0.4) is 0 Å². The van der Waals surface area contributed by atoms with Gasteiger partial charge in [0.15, 0.2) is 0 Å². The number of nitrogens with zero attached hydrogens (tertiary/aromatic N) is 2. The van der Waals surface area contributed by atoms with Crippen LogP contribution in [0, 0.1) is 5.92 Å². The first-order valence-corrected chi connectivity index (χ1v) is 6.68. The van der Waals surface area contributed by atoms with Gasteiger partial charge in [0, 0.05) is 37.8 Å². The van der Waals surface area contributed by atoms with E-state index in [1.165, 1.54) is 45.4 Å². The average molecular weight is 225 g/mol. The number of hydrogen-bond donors (Lipinski definition) is 1. The van der Waals surface area contributed by atoms with E-state index >= 15 is 0 Å². The Morgan fingerprint density at radius 3 is 2.56 bits per heavy atom. The van der Waals surface area contributed by atoms with Gasteiger partial charge in [-0.15, -0.1) is 0 Å². The summed E-state index contributed by atoms with van der Waals surface area (Å²) in [6.45, 7) is 9.49. The van der Waals surface area contributed by atoms with Crippen LogP contribution in [0.5, 0.6) is 0 Å². The zero-order valence-corrected chi connectivity index (χ0v) is 11.1. The summed E-state index contributed by atoms with van der Waals surface area (Å²) in [4.78, 5) is 5.09. The highest BCUT2D eigenvalue weighted by Crippen LogP contribution is 2.27. The maximum absolute atomic E-state index is 6.15. The molecule has 1 heterocycles. The predicted molar refractivity (Wildman–Crippen MR) is 68.5 cm³/mol. The molecule has 0 bridgehead atoms.